The van der Waals surface area contributed by atoms with Gasteiger partial charge in [0.1, 0.15) is 0 Å². The summed E-state index contributed by atoms with van der Waals surface area (Å²) in [5.41, 5.74) is 0.829. The number of benzene rings is 1. The van der Waals surface area contributed by atoms with E-state index in [4.69, 9.17) is 14.2 Å². The summed E-state index contributed by atoms with van der Waals surface area (Å²) < 4.78 is 18.1. The van der Waals surface area contributed by atoms with Gasteiger partial charge < -0.3 is 19.5 Å². The van der Waals surface area contributed by atoms with Crippen LogP contribution in [0.3, 0.4) is 0 Å². The lowest BCUT2D eigenvalue weighted by molar-refractivity contribution is 0.0486. The van der Waals surface area contributed by atoms with Gasteiger partial charge in [0.2, 0.25) is 6.79 Å². The third-order valence-corrected chi connectivity index (χ3v) is 7.55. The van der Waals surface area contributed by atoms with E-state index in [1.54, 1.807) is 6.07 Å². The zero-order valence-electron chi connectivity index (χ0n) is 20.1. The standard InChI is InChI=1S/C26H28N4O6/c1-2-30-22-21(24(32)29-25(30)33)17(12-18(28-22)15-3-4-15)23(31)27-13-26(7-9-34-10-8-26)16-5-6-19-20(11-16)36-14-35-19/h5-6,11-12,15H,2-4,7-10,13-14H2,1H3,(H,27,31)(H,29,32,33). The Morgan fingerprint density at radius 2 is 1.94 bits per heavy atom. The minimum absolute atomic E-state index is 0.141. The molecule has 36 heavy (non-hydrogen) atoms. The maximum atomic E-state index is 13.6. The van der Waals surface area contributed by atoms with E-state index in [1.807, 2.05) is 25.1 Å². The number of fused-ring (bicyclic) bond motifs is 2. The Hall–Kier alpha value is -3.66. The SMILES string of the molecule is CCn1c(=O)[nH]c(=O)c2c(C(=O)NCC3(c4ccc5c(c4)OCO5)CCOCC3)cc(C3CC3)nc21. The summed E-state index contributed by atoms with van der Waals surface area (Å²) in [6, 6.07) is 7.62. The van der Waals surface area contributed by atoms with Crippen LogP contribution in [0.4, 0.5) is 0 Å². The number of amides is 1. The Kier molecular flexibility index (Phi) is 5.55. The van der Waals surface area contributed by atoms with E-state index in [1.165, 1.54) is 4.57 Å². The molecule has 0 unspecified atom stereocenters. The minimum Gasteiger partial charge on any atom is -0.454 e. The van der Waals surface area contributed by atoms with Gasteiger partial charge in [-0.15, -0.1) is 0 Å². The van der Waals surface area contributed by atoms with E-state index in [-0.39, 0.29) is 40.6 Å². The second-order valence-corrected chi connectivity index (χ2v) is 9.71. The van der Waals surface area contributed by atoms with Crippen molar-refractivity contribution in [2.75, 3.05) is 26.6 Å². The molecule has 1 amide bonds. The number of carbonyl (C=O) groups is 1. The van der Waals surface area contributed by atoms with Crippen molar-refractivity contribution < 1.29 is 19.0 Å². The summed E-state index contributed by atoms with van der Waals surface area (Å²) in [6.45, 7) is 3.86. The molecule has 2 aliphatic heterocycles. The summed E-state index contributed by atoms with van der Waals surface area (Å²) in [4.78, 5) is 45.9. The summed E-state index contributed by atoms with van der Waals surface area (Å²) >= 11 is 0. The van der Waals surface area contributed by atoms with Crippen molar-refractivity contribution >= 4 is 16.9 Å². The maximum absolute atomic E-state index is 13.6. The van der Waals surface area contributed by atoms with Gasteiger partial charge in [0.25, 0.3) is 11.5 Å². The number of rotatable bonds is 6. The molecule has 0 bridgehead atoms. The quantitative estimate of drug-likeness (QED) is 0.540. The molecule has 6 rings (SSSR count). The van der Waals surface area contributed by atoms with Crippen molar-refractivity contribution in [1.29, 1.82) is 0 Å². The van der Waals surface area contributed by atoms with Crippen LogP contribution in [0, 0.1) is 0 Å². The minimum atomic E-state index is -0.601. The summed E-state index contributed by atoms with van der Waals surface area (Å²) in [5.74, 6) is 1.30. The largest absolute Gasteiger partial charge is 0.454 e. The molecule has 1 aliphatic carbocycles. The first-order valence-electron chi connectivity index (χ1n) is 12.4. The highest BCUT2D eigenvalue weighted by Gasteiger charge is 2.37. The van der Waals surface area contributed by atoms with Crippen LogP contribution in [0.1, 0.15) is 60.1 Å². The molecule has 1 saturated heterocycles. The molecule has 1 aromatic carbocycles. The molecule has 4 heterocycles. The van der Waals surface area contributed by atoms with Gasteiger partial charge in [0.15, 0.2) is 17.1 Å². The van der Waals surface area contributed by atoms with E-state index < -0.39 is 11.2 Å². The summed E-state index contributed by atoms with van der Waals surface area (Å²) in [7, 11) is 0. The molecule has 2 aromatic heterocycles. The fourth-order valence-electron chi connectivity index (χ4n) is 5.25. The molecule has 0 spiro atoms. The van der Waals surface area contributed by atoms with Gasteiger partial charge >= 0.3 is 5.69 Å². The van der Waals surface area contributed by atoms with Crippen LogP contribution in [0.5, 0.6) is 11.5 Å². The van der Waals surface area contributed by atoms with Gasteiger partial charge in [-0.1, -0.05) is 6.07 Å². The van der Waals surface area contributed by atoms with Crippen molar-refractivity contribution in [2.24, 2.45) is 0 Å². The molecular weight excluding hydrogens is 464 g/mol. The van der Waals surface area contributed by atoms with E-state index in [0.29, 0.717) is 37.8 Å². The first-order chi connectivity index (χ1) is 17.5. The lowest BCUT2D eigenvalue weighted by Crippen LogP contribution is -2.45. The van der Waals surface area contributed by atoms with Gasteiger partial charge in [0, 0.05) is 43.3 Å². The van der Waals surface area contributed by atoms with Crippen LogP contribution in [0.15, 0.2) is 33.9 Å². The third kappa shape index (κ3) is 3.85. The molecule has 2 fully saturated rings. The summed E-state index contributed by atoms with van der Waals surface area (Å²) in [5, 5.41) is 3.24. The number of aromatic amines is 1. The molecule has 10 heteroatoms. The number of nitrogens with zero attached hydrogens (tertiary/aromatic N) is 2. The number of nitrogens with one attached hydrogen (secondary N) is 2. The number of pyridine rings is 1. The predicted octanol–water partition coefficient (Wildman–Crippen LogP) is 2.19. The number of H-pyrrole nitrogens is 1. The van der Waals surface area contributed by atoms with E-state index in [9.17, 15) is 14.4 Å². The molecule has 1 saturated carbocycles. The Balaban J connectivity index is 1.37. The lowest BCUT2D eigenvalue weighted by atomic mass is 9.74. The van der Waals surface area contributed by atoms with Gasteiger partial charge in [-0.05, 0) is 56.4 Å². The fraction of sp³-hybridized carbons (Fsp3) is 0.462. The molecule has 0 atom stereocenters. The Morgan fingerprint density at radius 3 is 2.69 bits per heavy atom. The highest BCUT2D eigenvalue weighted by atomic mass is 16.7. The zero-order chi connectivity index (χ0) is 24.9. The first kappa shape index (κ1) is 22.8. The Morgan fingerprint density at radius 1 is 1.17 bits per heavy atom. The molecule has 188 valence electrons. The maximum Gasteiger partial charge on any atom is 0.329 e. The monoisotopic (exact) mass is 492 g/mol. The topological polar surface area (TPSA) is 125 Å². The fourth-order valence-corrected chi connectivity index (χ4v) is 5.25. The van der Waals surface area contributed by atoms with Gasteiger partial charge in [-0.2, -0.15) is 0 Å². The number of aromatic nitrogens is 3. The Labute approximate surface area is 206 Å². The average Bonchev–Trinajstić information content (AvgIpc) is 3.64. The number of hydrogen-bond donors (Lipinski definition) is 2. The Bertz CT molecular complexity index is 1470. The second-order valence-electron chi connectivity index (χ2n) is 9.71. The van der Waals surface area contributed by atoms with E-state index in [2.05, 4.69) is 15.3 Å². The molecule has 10 nitrogen and oxygen atoms in total. The smallest absolute Gasteiger partial charge is 0.329 e. The van der Waals surface area contributed by atoms with Crippen LogP contribution >= 0.6 is 0 Å². The number of hydrogen-bond acceptors (Lipinski definition) is 7. The van der Waals surface area contributed by atoms with Crippen molar-refractivity contribution in [1.82, 2.24) is 19.9 Å². The third-order valence-electron chi connectivity index (χ3n) is 7.55. The van der Waals surface area contributed by atoms with E-state index >= 15 is 0 Å². The molecule has 3 aromatic rings. The second kappa shape index (κ2) is 8.77. The van der Waals surface area contributed by atoms with Crippen molar-refractivity contribution in [3.05, 3.63) is 61.9 Å². The normalized spacial score (nSPS) is 18.4. The van der Waals surface area contributed by atoms with Crippen LogP contribution in [0.2, 0.25) is 0 Å². The van der Waals surface area contributed by atoms with Crippen LogP contribution in [-0.4, -0.2) is 47.0 Å². The summed E-state index contributed by atoms with van der Waals surface area (Å²) in [6.07, 6.45) is 3.42. The van der Waals surface area contributed by atoms with Gasteiger partial charge in [0.05, 0.1) is 10.9 Å². The van der Waals surface area contributed by atoms with Crippen molar-refractivity contribution in [3.8, 4) is 11.5 Å². The van der Waals surface area contributed by atoms with Crippen molar-refractivity contribution in [2.45, 2.75) is 50.5 Å². The van der Waals surface area contributed by atoms with Crippen molar-refractivity contribution in [3.63, 3.8) is 0 Å². The molecule has 3 aliphatic rings. The predicted molar refractivity (Wildman–Crippen MR) is 131 cm³/mol. The molecular formula is C26H28N4O6. The zero-order valence-corrected chi connectivity index (χ0v) is 20.1. The number of ether oxygens (including phenoxy) is 3. The number of aryl methyl sites for hydroxylation is 1. The highest BCUT2D eigenvalue weighted by molar-refractivity contribution is 6.05. The van der Waals surface area contributed by atoms with Gasteiger partial charge in [-0.3, -0.25) is 19.1 Å². The average molecular weight is 493 g/mol. The molecule has 0 radical (unpaired) electrons. The van der Waals surface area contributed by atoms with Crippen LogP contribution in [0.25, 0.3) is 11.0 Å². The van der Waals surface area contributed by atoms with E-state index in [0.717, 1.165) is 36.9 Å². The van der Waals surface area contributed by atoms with Gasteiger partial charge in [-0.25, -0.2) is 9.78 Å². The lowest BCUT2D eigenvalue weighted by Gasteiger charge is -2.38. The first-order valence-corrected chi connectivity index (χ1v) is 12.4. The molecule has 2 N–H and O–H groups in total. The van der Waals surface area contributed by atoms with Crippen LogP contribution in [-0.2, 0) is 16.7 Å². The highest BCUT2D eigenvalue weighted by Crippen LogP contribution is 2.41. The van der Waals surface area contributed by atoms with Crippen LogP contribution < -0.4 is 26.0 Å². The number of carbonyl (C=O) groups excluding carboxylic acids is 1.